The standard InChI is InChI=1S/C20H16F2N2O2S/c1-13-23-16(12-27-13)11-26-17-4-2-3-14(9-17)5-8-20(25)24-15-6-7-18(21)19(22)10-15/h2-10,12H,11H2,1H3,(H,24,25)/b8-5+. The molecule has 138 valence electrons. The van der Waals surface area contributed by atoms with E-state index in [0.717, 1.165) is 28.4 Å². The lowest BCUT2D eigenvalue weighted by Crippen LogP contribution is -2.08. The van der Waals surface area contributed by atoms with Gasteiger partial charge in [-0.05, 0) is 42.8 Å². The van der Waals surface area contributed by atoms with E-state index in [-0.39, 0.29) is 5.69 Å². The predicted octanol–water partition coefficient (Wildman–Crippen LogP) is 4.96. The molecule has 0 fully saturated rings. The maximum atomic E-state index is 13.2. The first-order chi connectivity index (χ1) is 13.0. The summed E-state index contributed by atoms with van der Waals surface area (Å²) < 4.78 is 31.8. The number of thiazole rings is 1. The van der Waals surface area contributed by atoms with E-state index < -0.39 is 17.5 Å². The van der Waals surface area contributed by atoms with Gasteiger partial charge >= 0.3 is 0 Å². The van der Waals surface area contributed by atoms with Gasteiger partial charge in [0.2, 0.25) is 5.91 Å². The Hall–Kier alpha value is -3.06. The van der Waals surface area contributed by atoms with Gasteiger partial charge in [0, 0.05) is 23.2 Å². The number of carbonyl (C=O) groups is 1. The van der Waals surface area contributed by atoms with Crippen molar-refractivity contribution in [1.29, 1.82) is 0 Å². The molecule has 3 rings (SSSR count). The fourth-order valence-corrected chi connectivity index (χ4v) is 2.87. The minimum atomic E-state index is -1.02. The van der Waals surface area contributed by atoms with E-state index >= 15 is 0 Å². The quantitative estimate of drug-likeness (QED) is 0.609. The minimum absolute atomic E-state index is 0.180. The molecular weight excluding hydrogens is 370 g/mol. The van der Waals surface area contributed by atoms with Gasteiger partial charge in [-0.25, -0.2) is 13.8 Å². The van der Waals surface area contributed by atoms with Crippen LogP contribution in [-0.4, -0.2) is 10.9 Å². The highest BCUT2D eigenvalue weighted by atomic mass is 32.1. The Balaban J connectivity index is 1.59. The minimum Gasteiger partial charge on any atom is -0.487 e. The lowest BCUT2D eigenvalue weighted by atomic mass is 10.2. The Kier molecular flexibility index (Phi) is 5.93. The third-order valence-electron chi connectivity index (χ3n) is 3.53. The van der Waals surface area contributed by atoms with Crippen LogP contribution in [0.3, 0.4) is 0 Å². The summed E-state index contributed by atoms with van der Waals surface area (Å²) in [5.74, 6) is -1.78. The van der Waals surface area contributed by atoms with Crippen LogP contribution in [0, 0.1) is 18.6 Å². The second-order valence-corrected chi connectivity index (χ2v) is 6.73. The van der Waals surface area contributed by atoms with Crippen LogP contribution in [0.1, 0.15) is 16.3 Å². The Labute approximate surface area is 159 Å². The monoisotopic (exact) mass is 386 g/mol. The first-order valence-corrected chi connectivity index (χ1v) is 8.95. The number of aromatic nitrogens is 1. The molecule has 27 heavy (non-hydrogen) atoms. The van der Waals surface area contributed by atoms with Crippen molar-refractivity contribution in [2.24, 2.45) is 0 Å². The molecule has 0 aliphatic carbocycles. The van der Waals surface area contributed by atoms with Gasteiger partial charge in [0.05, 0.1) is 10.7 Å². The van der Waals surface area contributed by atoms with E-state index in [1.54, 1.807) is 23.5 Å². The number of ether oxygens (including phenoxy) is 1. The number of nitrogens with zero attached hydrogens (tertiary/aromatic N) is 1. The summed E-state index contributed by atoms with van der Waals surface area (Å²) in [4.78, 5) is 16.3. The summed E-state index contributed by atoms with van der Waals surface area (Å²) in [6.07, 6.45) is 2.92. The molecule has 0 bridgehead atoms. The summed E-state index contributed by atoms with van der Waals surface area (Å²) in [7, 11) is 0. The third-order valence-corrected chi connectivity index (χ3v) is 4.35. The van der Waals surface area contributed by atoms with Crippen molar-refractivity contribution >= 4 is 29.0 Å². The number of amides is 1. The summed E-state index contributed by atoms with van der Waals surface area (Å²) >= 11 is 1.57. The highest BCUT2D eigenvalue weighted by molar-refractivity contribution is 7.09. The average molecular weight is 386 g/mol. The van der Waals surface area contributed by atoms with Crippen LogP contribution < -0.4 is 10.1 Å². The van der Waals surface area contributed by atoms with Crippen LogP contribution in [-0.2, 0) is 11.4 Å². The van der Waals surface area contributed by atoms with Crippen molar-refractivity contribution < 1.29 is 18.3 Å². The van der Waals surface area contributed by atoms with Crippen LogP contribution in [0.2, 0.25) is 0 Å². The summed E-state index contributed by atoms with van der Waals surface area (Å²) in [6, 6.07) is 10.4. The maximum absolute atomic E-state index is 13.2. The van der Waals surface area contributed by atoms with Crippen molar-refractivity contribution in [1.82, 2.24) is 4.98 Å². The molecule has 0 aliphatic heterocycles. The molecule has 4 nitrogen and oxygen atoms in total. The Morgan fingerprint density at radius 1 is 1.22 bits per heavy atom. The second kappa shape index (κ2) is 8.55. The fraction of sp³-hybridized carbons (Fsp3) is 0.100. The lowest BCUT2D eigenvalue weighted by Gasteiger charge is -2.05. The van der Waals surface area contributed by atoms with Gasteiger partial charge in [-0.2, -0.15) is 0 Å². The summed E-state index contributed by atoms with van der Waals surface area (Å²) in [5.41, 5.74) is 1.81. The Morgan fingerprint density at radius 2 is 2.07 bits per heavy atom. The van der Waals surface area contributed by atoms with Crippen LogP contribution in [0.15, 0.2) is 53.9 Å². The van der Waals surface area contributed by atoms with Gasteiger partial charge < -0.3 is 10.1 Å². The second-order valence-electron chi connectivity index (χ2n) is 5.67. The highest BCUT2D eigenvalue weighted by Crippen LogP contribution is 2.17. The van der Waals surface area contributed by atoms with Gasteiger partial charge in [0.25, 0.3) is 0 Å². The molecule has 0 aliphatic rings. The number of halogens is 2. The van der Waals surface area contributed by atoms with Crippen LogP contribution in [0.25, 0.3) is 6.08 Å². The van der Waals surface area contributed by atoms with Crippen molar-refractivity contribution in [3.63, 3.8) is 0 Å². The van der Waals surface area contributed by atoms with Crippen molar-refractivity contribution in [2.45, 2.75) is 13.5 Å². The highest BCUT2D eigenvalue weighted by Gasteiger charge is 2.04. The number of carbonyl (C=O) groups excluding carboxylic acids is 1. The van der Waals surface area contributed by atoms with E-state index in [9.17, 15) is 13.6 Å². The summed E-state index contributed by atoms with van der Waals surface area (Å²) in [5, 5.41) is 5.40. The molecule has 2 aromatic carbocycles. The van der Waals surface area contributed by atoms with Crippen LogP contribution >= 0.6 is 11.3 Å². The first-order valence-electron chi connectivity index (χ1n) is 8.07. The van der Waals surface area contributed by atoms with E-state index in [1.165, 1.54) is 12.1 Å². The number of rotatable bonds is 6. The lowest BCUT2D eigenvalue weighted by molar-refractivity contribution is -0.111. The molecule has 0 radical (unpaired) electrons. The zero-order valence-corrected chi connectivity index (χ0v) is 15.2. The molecule has 1 amide bonds. The van der Waals surface area contributed by atoms with Gasteiger partial charge in [-0.3, -0.25) is 4.79 Å². The zero-order chi connectivity index (χ0) is 19.2. The van der Waals surface area contributed by atoms with Crippen LogP contribution in [0.4, 0.5) is 14.5 Å². The molecule has 0 saturated carbocycles. The van der Waals surface area contributed by atoms with E-state index in [0.29, 0.717) is 12.4 Å². The van der Waals surface area contributed by atoms with Crippen LogP contribution in [0.5, 0.6) is 5.75 Å². The average Bonchev–Trinajstić information content (AvgIpc) is 3.07. The van der Waals surface area contributed by atoms with E-state index in [2.05, 4.69) is 10.3 Å². The number of hydrogen-bond acceptors (Lipinski definition) is 4. The molecule has 1 N–H and O–H groups in total. The number of aryl methyl sites for hydroxylation is 1. The molecule has 1 heterocycles. The molecule has 0 unspecified atom stereocenters. The number of hydrogen-bond donors (Lipinski definition) is 1. The molecule has 0 saturated heterocycles. The van der Waals surface area contributed by atoms with Gasteiger partial charge in [0.15, 0.2) is 11.6 Å². The normalized spacial score (nSPS) is 10.9. The van der Waals surface area contributed by atoms with E-state index in [1.807, 2.05) is 30.5 Å². The predicted molar refractivity (Wildman–Crippen MR) is 102 cm³/mol. The van der Waals surface area contributed by atoms with Gasteiger partial charge in [-0.1, -0.05) is 12.1 Å². The van der Waals surface area contributed by atoms with Gasteiger partial charge in [0.1, 0.15) is 12.4 Å². The number of anilines is 1. The Morgan fingerprint density at radius 3 is 2.81 bits per heavy atom. The number of benzene rings is 2. The van der Waals surface area contributed by atoms with Crippen molar-refractivity contribution in [3.8, 4) is 5.75 Å². The molecular formula is C20H16F2N2O2S. The Bertz CT molecular complexity index is 986. The molecule has 7 heteroatoms. The SMILES string of the molecule is Cc1nc(COc2cccc(/C=C/C(=O)Nc3ccc(F)c(F)c3)c2)cs1. The van der Waals surface area contributed by atoms with Crippen molar-refractivity contribution in [2.75, 3.05) is 5.32 Å². The fourth-order valence-electron chi connectivity index (χ4n) is 2.27. The topological polar surface area (TPSA) is 51.2 Å². The zero-order valence-electron chi connectivity index (χ0n) is 14.4. The first kappa shape index (κ1) is 18.7. The van der Waals surface area contributed by atoms with Crippen molar-refractivity contribution in [3.05, 3.63) is 81.8 Å². The number of nitrogens with one attached hydrogen (secondary N) is 1. The molecule has 1 aromatic heterocycles. The molecule has 3 aromatic rings. The largest absolute Gasteiger partial charge is 0.487 e. The van der Waals surface area contributed by atoms with E-state index in [4.69, 9.17) is 4.74 Å². The van der Waals surface area contributed by atoms with Gasteiger partial charge in [-0.15, -0.1) is 11.3 Å². The third kappa shape index (κ3) is 5.46. The molecule has 0 atom stereocenters. The molecule has 0 spiro atoms. The smallest absolute Gasteiger partial charge is 0.248 e. The summed E-state index contributed by atoms with van der Waals surface area (Å²) in [6.45, 7) is 2.30. The maximum Gasteiger partial charge on any atom is 0.248 e.